The first-order valence-corrected chi connectivity index (χ1v) is 7.70. The molecule has 1 fully saturated rings. The van der Waals surface area contributed by atoms with E-state index in [1.54, 1.807) is 0 Å². The van der Waals surface area contributed by atoms with E-state index in [9.17, 15) is 0 Å². The summed E-state index contributed by atoms with van der Waals surface area (Å²) in [5, 5.41) is 11.7. The molecule has 0 aliphatic carbocycles. The van der Waals surface area contributed by atoms with Crippen molar-refractivity contribution in [3.05, 3.63) is 0 Å². The fraction of sp³-hybridized carbons (Fsp3) is 1.00. The Kier molecular flexibility index (Phi) is 12.2. The maximum atomic E-state index is 8.51. The Morgan fingerprint density at radius 3 is 2.05 bits per heavy atom. The van der Waals surface area contributed by atoms with Crippen molar-refractivity contribution in [2.75, 3.05) is 79.0 Å². The van der Waals surface area contributed by atoms with E-state index in [0.29, 0.717) is 33.0 Å². The molecule has 1 rings (SSSR count). The molecule has 0 atom stereocenters. The van der Waals surface area contributed by atoms with Gasteiger partial charge in [0.2, 0.25) is 0 Å². The molecule has 2 N–H and O–H groups in total. The lowest BCUT2D eigenvalue weighted by atomic mass is 10.4. The standard InChI is InChI=1S/C14H30N2O4/c17-8-12-18-9-3-15-4-10-19-13-14-20-11-7-16-5-1-2-6-16/h15,17H,1-14H2. The summed E-state index contributed by atoms with van der Waals surface area (Å²) in [5.41, 5.74) is 0. The number of nitrogens with one attached hydrogen (secondary N) is 1. The number of aliphatic hydroxyl groups is 1. The number of likely N-dealkylation sites (tertiary alicyclic amines) is 1. The zero-order chi connectivity index (χ0) is 14.3. The summed E-state index contributed by atoms with van der Waals surface area (Å²) >= 11 is 0. The molecule has 0 aromatic carbocycles. The maximum Gasteiger partial charge on any atom is 0.0701 e. The minimum atomic E-state index is 0.0842. The van der Waals surface area contributed by atoms with Gasteiger partial charge >= 0.3 is 0 Å². The van der Waals surface area contributed by atoms with E-state index in [-0.39, 0.29) is 6.61 Å². The molecule has 1 saturated heterocycles. The Morgan fingerprint density at radius 1 is 0.800 bits per heavy atom. The number of rotatable bonds is 14. The zero-order valence-electron chi connectivity index (χ0n) is 12.5. The topological polar surface area (TPSA) is 63.2 Å². The molecule has 6 heteroatoms. The highest BCUT2D eigenvalue weighted by Gasteiger charge is 2.09. The molecule has 1 heterocycles. The molecular weight excluding hydrogens is 260 g/mol. The number of ether oxygens (including phenoxy) is 3. The smallest absolute Gasteiger partial charge is 0.0701 e. The number of hydrogen-bond acceptors (Lipinski definition) is 6. The predicted molar refractivity (Wildman–Crippen MR) is 78.1 cm³/mol. The van der Waals surface area contributed by atoms with Crippen molar-refractivity contribution >= 4 is 0 Å². The highest BCUT2D eigenvalue weighted by atomic mass is 16.5. The van der Waals surface area contributed by atoms with Crippen LogP contribution in [-0.2, 0) is 14.2 Å². The van der Waals surface area contributed by atoms with Gasteiger partial charge in [-0.1, -0.05) is 0 Å². The summed E-state index contributed by atoms with van der Waals surface area (Å²) in [7, 11) is 0. The molecular formula is C14H30N2O4. The van der Waals surface area contributed by atoms with Crippen LogP contribution in [0.15, 0.2) is 0 Å². The Hall–Kier alpha value is -0.240. The third-order valence-corrected chi connectivity index (χ3v) is 3.20. The van der Waals surface area contributed by atoms with Crippen LogP contribution < -0.4 is 5.32 Å². The van der Waals surface area contributed by atoms with Crippen molar-refractivity contribution in [3.8, 4) is 0 Å². The first kappa shape index (κ1) is 17.8. The lowest BCUT2D eigenvalue weighted by molar-refractivity contribution is 0.0408. The predicted octanol–water partition coefficient (Wildman–Crippen LogP) is -0.286. The monoisotopic (exact) mass is 290 g/mol. The van der Waals surface area contributed by atoms with Crippen LogP contribution in [-0.4, -0.2) is 89.0 Å². The Morgan fingerprint density at radius 2 is 1.40 bits per heavy atom. The van der Waals surface area contributed by atoms with Gasteiger partial charge < -0.3 is 29.5 Å². The van der Waals surface area contributed by atoms with Gasteiger partial charge in [0.15, 0.2) is 0 Å². The molecule has 0 radical (unpaired) electrons. The van der Waals surface area contributed by atoms with Crippen LogP contribution in [0.5, 0.6) is 0 Å². The fourth-order valence-corrected chi connectivity index (χ4v) is 2.10. The van der Waals surface area contributed by atoms with Gasteiger partial charge in [-0.15, -0.1) is 0 Å². The summed E-state index contributed by atoms with van der Waals surface area (Å²) in [5.74, 6) is 0. The van der Waals surface area contributed by atoms with E-state index in [2.05, 4.69) is 10.2 Å². The fourth-order valence-electron chi connectivity index (χ4n) is 2.10. The van der Waals surface area contributed by atoms with Gasteiger partial charge in [0, 0.05) is 19.6 Å². The van der Waals surface area contributed by atoms with Crippen LogP contribution in [0.2, 0.25) is 0 Å². The van der Waals surface area contributed by atoms with Gasteiger partial charge in [-0.3, -0.25) is 0 Å². The van der Waals surface area contributed by atoms with Crippen LogP contribution in [0.4, 0.5) is 0 Å². The van der Waals surface area contributed by atoms with Crippen molar-refractivity contribution in [2.45, 2.75) is 12.8 Å². The summed E-state index contributed by atoms with van der Waals surface area (Å²) in [6.07, 6.45) is 2.67. The summed E-state index contributed by atoms with van der Waals surface area (Å²) in [6.45, 7) is 9.06. The summed E-state index contributed by atoms with van der Waals surface area (Å²) < 4.78 is 16.1. The molecule has 0 saturated carbocycles. The molecule has 20 heavy (non-hydrogen) atoms. The van der Waals surface area contributed by atoms with Gasteiger partial charge in [0.25, 0.3) is 0 Å². The lowest BCUT2D eigenvalue weighted by Crippen LogP contribution is -2.26. The van der Waals surface area contributed by atoms with Crippen LogP contribution in [0.1, 0.15) is 12.8 Å². The zero-order valence-corrected chi connectivity index (χ0v) is 12.5. The third kappa shape index (κ3) is 10.5. The molecule has 0 spiro atoms. The molecule has 1 aliphatic heterocycles. The second-order valence-corrected chi connectivity index (χ2v) is 4.86. The Bertz CT molecular complexity index is 202. The lowest BCUT2D eigenvalue weighted by Gasteiger charge is -2.14. The van der Waals surface area contributed by atoms with E-state index < -0.39 is 0 Å². The normalized spacial score (nSPS) is 16.1. The largest absolute Gasteiger partial charge is 0.394 e. The average Bonchev–Trinajstić information content (AvgIpc) is 2.97. The molecule has 0 aromatic heterocycles. The van der Waals surface area contributed by atoms with Crippen molar-refractivity contribution < 1.29 is 19.3 Å². The van der Waals surface area contributed by atoms with Crippen LogP contribution in [0, 0.1) is 0 Å². The van der Waals surface area contributed by atoms with E-state index in [4.69, 9.17) is 19.3 Å². The highest BCUT2D eigenvalue weighted by Crippen LogP contribution is 2.05. The first-order chi connectivity index (χ1) is 9.93. The number of nitrogens with zero attached hydrogens (tertiary/aromatic N) is 1. The third-order valence-electron chi connectivity index (χ3n) is 3.20. The molecule has 120 valence electrons. The van der Waals surface area contributed by atoms with Gasteiger partial charge in [-0.25, -0.2) is 0 Å². The number of aliphatic hydroxyl groups excluding tert-OH is 1. The first-order valence-electron chi connectivity index (χ1n) is 7.70. The summed E-state index contributed by atoms with van der Waals surface area (Å²) in [6, 6.07) is 0. The van der Waals surface area contributed by atoms with Gasteiger partial charge in [-0.2, -0.15) is 0 Å². The Labute approximate surface area is 122 Å². The highest BCUT2D eigenvalue weighted by molar-refractivity contribution is 4.64. The van der Waals surface area contributed by atoms with Crippen molar-refractivity contribution in [1.29, 1.82) is 0 Å². The average molecular weight is 290 g/mol. The van der Waals surface area contributed by atoms with E-state index >= 15 is 0 Å². The van der Waals surface area contributed by atoms with Crippen LogP contribution in [0.25, 0.3) is 0 Å². The minimum absolute atomic E-state index is 0.0842. The minimum Gasteiger partial charge on any atom is -0.394 e. The molecule has 0 amide bonds. The molecule has 6 nitrogen and oxygen atoms in total. The van der Waals surface area contributed by atoms with Gasteiger partial charge in [0.05, 0.1) is 46.2 Å². The van der Waals surface area contributed by atoms with Crippen molar-refractivity contribution in [3.63, 3.8) is 0 Å². The second-order valence-electron chi connectivity index (χ2n) is 4.86. The number of hydrogen-bond donors (Lipinski definition) is 2. The second kappa shape index (κ2) is 13.7. The van der Waals surface area contributed by atoms with E-state index in [1.807, 2.05) is 0 Å². The van der Waals surface area contributed by atoms with E-state index in [1.165, 1.54) is 25.9 Å². The van der Waals surface area contributed by atoms with Crippen molar-refractivity contribution in [2.24, 2.45) is 0 Å². The molecule has 0 unspecified atom stereocenters. The van der Waals surface area contributed by atoms with Crippen molar-refractivity contribution in [1.82, 2.24) is 10.2 Å². The molecule has 0 bridgehead atoms. The molecule has 1 aliphatic rings. The maximum absolute atomic E-state index is 8.51. The Balaban J connectivity index is 1.66. The van der Waals surface area contributed by atoms with Crippen LogP contribution >= 0.6 is 0 Å². The SMILES string of the molecule is OCCOCCNCCOCCOCCN1CCCC1. The van der Waals surface area contributed by atoms with Crippen LogP contribution in [0.3, 0.4) is 0 Å². The van der Waals surface area contributed by atoms with Gasteiger partial charge in [0.1, 0.15) is 0 Å². The quantitative estimate of drug-likeness (QED) is 0.429. The molecule has 0 aromatic rings. The van der Waals surface area contributed by atoms with E-state index in [0.717, 1.165) is 26.2 Å². The van der Waals surface area contributed by atoms with Gasteiger partial charge in [-0.05, 0) is 25.9 Å². The summed E-state index contributed by atoms with van der Waals surface area (Å²) in [4.78, 5) is 2.45.